The van der Waals surface area contributed by atoms with Gasteiger partial charge in [0.25, 0.3) is 11.8 Å². The Bertz CT molecular complexity index is 706. The van der Waals surface area contributed by atoms with Crippen LogP contribution in [0.3, 0.4) is 0 Å². The molecule has 2 aromatic carbocycles. The van der Waals surface area contributed by atoms with Gasteiger partial charge in [-0.3, -0.25) is 9.59 Å². The highest BCUT2D eigenvalue weighted by molar-refractivity contribution is 5.96. The summed E-state index contributed by atoms with van der Waals surface area (Å²) in [6.07, 6.45) is 0. The van der Waals surface area contributed by atoms with E-state index in [1.165, 1.54) is 46.2 Å². The van der Waals surface area contributed by atoms with Crippen molar-refractivity contribution in [1.29, 1.82) is 0 Å². The maximum absolute atomic E-state index is 13.7. The summed E-state index contributed by atoms with van der Waals surface area (Å²) in [6.45, 7) is 1.14. The van der Waals surface area contributed by atoms with Crippen LogP contribution in [0, 0.1) is 11.6 Å². The Labute approximate surface area is 138 Å². The van der Waals surface area contributed by atoms with Gasteiger partial charge in [-0.1, -0.05) is 24.3 Å². The highest BCUT2D eigenvalue weighted by Crippen LogP contribution is 2.15. The van der Waals surface area contributed by atoms with E-state index in [1.54, 1.807) is 12.1 Å². The molecule has 1 fully saturated rings. The third kappa shape index (κ3) is 3.13. The topological polar surface area (TPSA) is 40.6 Å². The number of amides is 2. The second-order valence-corrected chi connectivity index (χ2v) is 5.54. The number of carbonyl (C=O) groups is 2. The molecule has 0 saturated carbocycles. The molecule has 2 amide bonds. The van der Waals surface area contributed by atoms with Crippen LogP contribution in [0.5, 0.6) is 0 Å². The molecule has 0 unspecified atom stereocenters. The van der Waals surface area contributed by atoms with E-state index in [0.717, 1.165) is 0 Å². The number of hydrogen-bond acceptors (Lipinski definition) is 2. The second kappa shape index (κ2) is 6.78. The zero-order valence-electron chi connectivity index (χ0n) is 12.9. The molecule has 2 aromatic rings. The maximum Gasteiger partial charge on any atom is 0.256 e. The molecule has 0 atom stereocenters. The SMILES string of the molecule is O=C(c1ccccc1F)N1CCN(C(=O)c2ccccc2F)CC1. The predicted molar refractivity (Wildman–Crippen MR) is 84.6 cm³/mol. The first kappa shape index (κ1) is 16.1. The summed E-state index contributed by atoms with van der Waals surface area (Å²) in [4.78, 5) is 27.7. The number of halogens is 2. The number of nitrogens with zero attached hydrogens (tertiary/aromatic N) is 2. The monoisotopic (exact) mass is 330 g/mol. The number of carbonyl (C=O) groups excluding carboxylic acids is 2. The van der Waals surface area contributed by atoms with Crippen LogP contribution in [-0.2, 0) is 0 Å². The van der Waals surface area contributed by atoms with Crippen molar-refractivity contribution >= 4 is 11.8 Å². The molecule has 0 bridgehead atoms. The Hall–Kier alpha value is -2.76. The van der Waals surface area contributed by atoms with Gasteiger partial charge < -0.3 is 9.80 Å². The summed E-state index contributed by atoms with van der Waals surface area (Å²) in [7, 11) is 0. The zero-order valence-corrected chi connectivity index (χ0v) is 12.9. The lowest BCUT2D eigenvalue weighted by molar-refractivity contribution is 0.0530. The zero-order chi connectivity index (χ0) is 17.1. The van der Waals surface area contributed by atoms with E-state index < -0.39 is 23.4 Å². The van der Waals surface area contributed by atoms with Crippen LogP contribution >= 0.6 is 0 Å². The van der Waals surface area contributed by atoms with Crippen molar-refractivity contribution in [3.63, 3.8) is 0 Å². The van der Waals surface area contributed by atoms with Gasteiger partial charge >= 0.3 is 0 Å². The average Bonchev–Trinajstić information content (AvgIpc) is 2.61. The third-order valence-electron chi connectivity index (χ3n) is 4.06. The fourth-order valence-electron chi connectivity index (χ4n) is 2.72. The molecule has 0 spiro atoms. The van der Waals surface area contributed by atoms with Crippen molar-refractivity contribution in [1.82, 2.24) is 9.80 Å². The number of piperazine rings is 1. The highest BCUT2D eigenvalue weighted by Gasteiger charge is 2.27. The molecule has 0 aromatic heterocycles. The molecule has 124 valence electrons. The average molecular weight is 330 g/mol. The van der Waals surface area contributed by atoms with E-state index in [1.807, 2.05) is 0 Å². The molecule has 1 saturated heterocycles. The smallest absolute Gasteiger partial charge is 0.256 e. The molecule has 0 N–H and O–H groups in total. The molecule has 4 nitrogen and oxygen atoms in total. The second-order valence-electron chi connectivity index (χ2n) is 5.54. The van der Waals surface area contributed by atoms with E-state index in [9.17, 15) is 18.4 Å². The first-order chi connectivity index (χ1) is 11.6. The van der Waals surface area contributed by atoms with Gasteiger partial charge in [0.05, 0.1) is 11.1 Å². The van der Waals surface area contributed by atoms with Crippen molar-refractivity contribution in [2.45, 2.75) is 0 Å². The molecule has 0 radical (unpaired) electrons. The van der Waals surface area contributed by atoms with Gasteiger partial charge in [0.2, 0.25) is 0 Å². The molecular formula is C18H16F2N2O2. The molecule has 24 heavy (non-hydrogen) atoms. The van der Waals surface area contributed by atoms with Gasteiger partial charge in [0, 0.05) is 26.2 Å². The lowest BCUT2D eigenvalue weighted by atomic mass is 10.1. The van der Waals surface area contributed by atoms with Crippen LogP contribution in [-0.4, -0.2) is 47.8 Å². The van der Waals surface area contributed by atoms with Crippen molar-refractivity contribution < 1.29 is 18.4 Å². The molecule has 1 heterocycles. The Morgan fingerprint density at radius 3 is 1.33 bits per heavy atom. The summed E-state index contributed by atoms with van der Waals surface area (Å²) < 4.78 is 27.4. The maximum atomic E-state index is 13.7. The lowest BCUT2D eigenvalue weighted by Crippen LogP contribution is -2.50. The summed E-state index contributed by atoms with van der Waals surface area (Å²) in [5, 5.41) is 0. The Morgan fingerprint density at radius 1 is 0.667 bits per heavy atom. The van der Waals surface area contributed by atoms with Gasteiger partial charge in [0.15, 0.2) is 0 Å². The molecular weight excluding hydrogens is 314 g/mol. The summed E-state index contributed by atoms with van der Waals surface area (Å²) in [5.41, 5.74) is 0.0396. The van der Waals surface area contributed by atoms with Crippen molar-refractivity contribution in [3.05, 3.63) is 71.3 Å². The molecule has 1 aliphatic heterocycles. The third-order valence-corrected chi connectivity index (χ3v) is 4.06. The van der Waals surface area contributed by atoms with E-state index in [-0.39, 0.29) is 37.3 Å². The summed E-state index contributed by atoms with van der Waals surface area (Å²) in [5.74, 6) is -1.92. The first-order valence-electron chi connectivity index (χ1n) is 7.65. The van der Waals surface area contributed by atoms with Crippen molar-refractivity contribution in [2.24, 2.45) is 0 Å². The van der Waals surface area contributed by atoms with Gasteiger partial charge in [0.1, 0.15) is 11.6 Å². The van der Waals surface area contributed by atoms with E-state index in [4.69, 9.17) is 0 Å². The van der Waals surface area contributed by atoms with Gasteiger partial charge in [-0.05, 0) is 24.3 Å². The fourth-order valence-corrected chi connectivity index (χ4v) is 2.72. The Balaban J connectivity index is 1.66. The normalized spacial score (nSPS) is 14.6. The Morgan fingerprint density at radius 2 is 1.00 bits per heavy atom. The first-order valence-corrected chi connectivity index (χ1v) is 7.65. The molecule has 3 rings (SSSR count). The van der Waals surface area contributed by atoms with Gasteiger partial charge in [-0.15, -0.1) is 0 Å². The number of benzene rings is 2. The van der Waals surface area contributed by atoms with Crippen LogP contribution in [0.4, 0.5) is 8.78 Å². The molecule has 1 aliphatic rings. The van der Waals surface area contributed by atoms with Crippen LogP contribution in [0.2, 0.25) is 0 Å². The predicted octanol–water partition coefficient (Wildman–Crippen LogP) is 2.56. The fraction of sp³-hybridized carbons (Fsp3) is 0.222. The largest absolute Gasteiger partial charge is 0.335 e. The quantitative estimate of drug-likeness (QED) is 0.849. The van der Waals surface area contributed by atoms with Crippen LogP contribution in [0.15, 0.2) is 48.5 Å². The highest BCUT2D eigenvalue weighted by atomic mass is 19.1. The van der Waals surface area contributed by atoms with E-state index in [2.05, 4.69) is 0 Å². The minimum absolute atomic E-state index is 0.0198. The minimum atomic E-state index is -0.563. The van der Waals surface area contributed by atoms with Crippen LogP contribution in [0.1, 0.15) is 20.7 Å². The van der Waals surface area contributed by atoms with Crippen LogP contribution in [0.25, 0.3) is 0 Å². The number of rotatable bonds is 2. The molecule has 6 heteroatoms. The Kier molecular flexibility index (Phi) is 4.55. The van der Waals surface area contributed by atoms with Crippen molar-refractivity contribution in [3.8, 4) is 0 Å². The van der Waals surface area contributed by atoms with E-state index >= 15 is 0 Å². The number of hydrogen-bond donors (Lipinski definition) is 0. The minimum Gasteiger partial charge on any atom is -0.335 e. The van der Waals surface area contributed by atoms with E-state index in [0.29, 0.717) is 0 Å². The molecule has 0 aliphatic carbocycles. The van der Waals surface area contributed by atoms with Gasteiger partial charge in [-0.25, -0.2) is 8.78 Å². The lowest BCUT2D eigenvalue weighted by Gasteiger charge is -2.35. The van der Waals surface area contributed by atoms with Gasteiger partial charge in [-0.2, -0.15) is 0 Å². The summed E-state index contributed by atoms with van der Waals surface area (Å²) in [6, 6.07) is 11.6. The standard InChI is InChI=1S/C18H16F2N2O2/c19-15-7-3-1-5-13(15)17(23)21-9-11-22(12-10-21)18(24)14-6-2-4-8-16(14)20/h1-8H,9-12H2. The van der Waals surface area contributed by atoms with Crippen LogP contribution < -0.4 is 0 Å². The summed E-state index contributed by atoms with van der Waals surface area (Å²) >= 11 is 0. The van der Waals surface area contributed by atoms with Crippen molar-refractivity contribution in [2.75, 3.05) is 26.2 Å².